The van der Waals surface area contributed by atoms with E-state index in [1.807, 2.05) is 0 Å². The average molecular weight is 388 g/mol. The third kappa shape index (κ3) is 8.56. The summed E-state index contributed by atoms with van der Waals surface area (Å²) in [5.41, 5.74) is 0.574. The molecule has 0 radical (unpaired) electrons. The summed E-state index contributed by atoms with van der Waals surface area (Å²) in [5.74, 6) is 0.592. The van der Waals surface area contributed by atoms with Crippen LogP contribution in [0.25, 0.3) is 0 Å². The highest BCUT2D eigenvalue weighted by Crippen LogP contribution is 2.13. The van der Waals surface area contributed by atoms with Crippen LogP contribution in [0.5, 0.6) is 0 Å². The zero-order chi connectivity index (χ0) is 17.2. The molecule has 25 heavy (non-hydrogen) atoms. The van der Waals surface area contributed by atoms with E-state index in [4.69, 9.17) is 11.6 Å². The second kappa shape index (κ2) is 12.1. The Morgan fingerprint density at radius 3 is 2.60 bits per heavy atom. The number of carbonyl (C=O) groups excluding carboxylic acids is 2. The topological polar surface area (TPSA) is 70.2 Å². The van der Waals surface area contributed by atoms with E-state index in [0.29, 0.717) is 35.9 Å². The van der Waals surface area contributed by atoms with Crippen molar-refractivity contribution in [3.05, 3.63) is 34.9 Å². The van der Waals surface area contributed by atoms with Crippen molar-refractivity contribution in [1.82, 2.24) is 16.0 Å². The number of hydrogen-bond acceptors (Lipinski definition) is 3. The Hall–Kier alpha value is -1.30. The van der Waals surface area contributed by atoms with Crippen LogP contribution in [0.4, 0.5) is 0 Å². The first-order valence-corrected chi connectivity index (χ1v) is 9.04. The molecule has 1 aliphatic heterocycles. The summed E-state index contributed by atoms with van der Waals surface area (Å²) >= 11 is 5.79. The van der Waals surface area contributed by atoms with Crippen LogP contribution in [0.3, 0.4) is 0 Å². The molecule has 1 fully saturated rings. The minimum absolute atomic E-state index is 0. The van der Waals surface area contributed by atoms with Gasteiger partial charge in [-0.15, -0.1) is 12.4 Å². The van der Waals surface area contributed by atoms with Crippen LogP contribution in [-0.2, 0) is 4.79 Å². The van der Waals surface area contributed by atoms with Gasteiger partial charge in [0.25, 0.3) is 5.91 Å². The average Bonchev–Trinajstić information content (AvgIpc) is 2.60. The SMILES string of the molecule is Cl.O=C(CCCNC(=O)c1ccc(Cl)cc1)NCCC1CCCNC1. The number of piperidine rings is 1. The third-order valence-electron chi connectivity index (χ3n) is 4.25. The minimum Gasteiger partial charge on any atom is -0.356 e. The third-order valence-corrected chi connectivity index (χ3v) is 4.50. The van der Waals surface area contributed by atoms with Gasteiger partial charge in [0.1, 0.15) is 0 Å². The summed E-state index contributed by atoms with van der Waals surface area (Å²) in [4.78, 5) is 23.7. The van der Waals surface area contributed by atoms with Crippen molar-refractivity contribution in [3.63, 3.8) is 0 Å². The van der Waals surface area contributed by atoms with Gasteiger partial charge in [0.15, 0.2) is 0 Å². The number of carbonyl (C=O) groups is 2. The Bertz CT molecular complexity index is 532. The fraction of sp³-hybridized carbons (Fsp3) is 0.556. The predicted molar refractivity (Wildman–Crippen MR) is 103 cm³/mol. The van der Waals surface area contributed by atoms with Crippen LogP contribution in [-0.4, -0.2) is 38.0 Å². The number of amides is 2. The molecular formula is C18H27Cl2N3O2. The summed E-state index contributed by atoms with van der Waals surface area (Å²) < 4.78 is 0. The predicted octanol–water partition coefficient (Wildman–Crippen LogP) is 2.78. The molecular weight excluding hydrogens is 361 g/mol. The van der Waals surface area contributed by atoms with Gasteiger partial charge >= 0.3 is 0 Å². The molecule has 0 saturated carbocycles. The molecule has 0 aliphatic carbocycles. The normalized spacial score (nSPS) is 16.6. The molecule has 1 aromatic rings. The van der Waals surface area contributed by atoms with Crippen LogP contribution in [0, 0.1) is 5.92 Å². The molecule has 0 aromatic heterocycles. The lowest BCUT2D eigenvalue weighted by molar-refractivity contribution is -0.121. The van der Waals surface area contributed by atoms with E-state index < -0.39 is 0 Å². The van der Waals surface area contributed by atoms with Gasteiger partial charge in [-0.1, -0.05) is 11.6 Å². The first kappa shape index (κ1) is 21.7. The maximum Gasteiger partial charge on any atom is 0.251 e. The molecule has 1 aliphatic rings. The van der Waals surface area contributed by atoms with E-state index in [1.165, 1.54) is 12.8 Å². The fourth-order valence-corrected chi connectivity index (χ4v) is 2.95. The molecule has 5 nitrogen and oxygen atoms in total. The zero-order valence-electron chi connectivity index (χ0n) is 14.4. The van der Waals surface area contributed by atoms with Gasteiger partial charge in [-0.3, -0.25) is 9.59 Å². The molecule has 0 spiro atoms. The Morgan fingerprint density at radius 1 is 1.16 bits per heavy atom. The quantitative estimate of drug-likeness (QED) is 0.600. The second-order valence-electron chi connectivity index (χ2n) is 6.22. The highest BCUT2D eigenvalue weighted by atomic mass is 35.5. The lowest BCUT2D eigenvalue weighted by Gasteiger charge is -2.22. The number of nitrogens with one attached hydrogen (secondary N) is 3. The number of halogens is 2. The first-order chi connectivity index (χ1) is 11.6. The molecule has 140 valence electrons. The molecule has 2 amide bonds. The molecule has 2 rings (SSSR count). The minimum atomic E-state index is -0.142. The largest absolute Gasteiger partial charge is 0.356 e. The van der Waals surface area contributed by atoms with Crippen molar-refractivity contribution >= 4 is 35.8 Å². The monoisotopic (exact) mass is 387 g/mol. The highest BCUT2D eigenvalue weighted by molar-refractivity contribution is 6.30. The Morgan fingerprint density at radius 2 is 1.92 bits per heavy atom. The molecule has 3 N–H and O–H groups in total. The smallest absolute Gasteiger partial charge is 0.251 e. The van der Waals surface area contributed by atoms with E-state index >= 15 is 0 Å². The summed E-state index contributed by atoms with van der Waals surface area (Å²) in [7, 11) is 0. The maximum atomic E-state index is 11.9. The second-order valence-corrected chi connectivity index (χ2v) is 6.65. The van der Waals surface area contributed by atoms with Crippen molar-refractivity contribution in [1.29, 1.82) is 0 Å². The van der Waals surface area contributed by atoms with E-state index in [0.717, 1.165) is 26.1 Å². The van der Waals surface area contributed by atoms with E-state index in [-0.39, 0.29) is 24.2 Å². The van der Waals surface area contributed by atoms with Gasteiger partial charge in [0, 0.05) is 30.1 Å². The molecule has 7 heteroatoms. The zero-order valence-corrected chi connectivity index (χ0v) is 15.9. The Labute approximate surface area is 160 Å². The van der Waals surface area contributed by atoms with Crippen molar-refractivity contribution < 1.29 is 9.59 Å². The number of benzene rings is 1. The lowest BCUT2D eigenvalue weighted by atomic mass is 9.96. The molecule has 1 saturated heterocycles. The van der Waals surface area contributed by atoms with Crippen LogP contribution in [0.2, 0.25) is 5.02 Å². The lowest BCUT2D eigenvalue weighted by Crippen LogP contribution is -2.33. The van der Waals surface area contributed by atoms with E-state index in [9.17, 15) is 9.59 Å². The molecule has 1 aromatic carbocycles. The summed E-state index contributed by atoms with van der Waals surface area (Å²) in [6, 6.07) is 6.74. The fourth-order valence-electron chi connectivity index (χ4n) is 2.83. The van der Waals surface area contributed by atoms with Crippen molar-refractivity contribution in [2.24, 2.45) is 5.92 Å². The van der Waals surface area contributed by atoms with E-state index in [1.54, 1.807) is 24.3 Å². The van der Waals surface area contributed by atoms with Crippen LogP contribution < -0.4 is 16.0 Å². The molecule has 1 unspecified atom stereocenters. The van der Waals surface area contributed by atoms with Crippen molar-refractivity contribution in [3.8, 4) is 0 Å². The Kier molecular flexibility index (Phi) is 10.5. The number of hydrogen-bond donors (Lipinski definition) is 3. The van der Waals surface area contributed by atoms with Gasteiger partial charge in [0.05, 0.1) is 0 Å². The maximum absolute atomic E-state index is 11.9. The number of rotatable bonds is 8. The highest BCUT2D eigenvalue weighted by Gasteiger charge is 2.12. The Balaban J connectivity index is 0.00000312. The standard InChI is InChI=1S/C18H26ClN3O2.ClH/c19-16-7-5-15(6-8-16)18(24)22-11-2-4-17(23)21-12-9-14-3-1-10-20-13-14;/h5-8,14,20H,1-4,9-13H2,(H,21,23)(H,22,24);1H. The van der Waals surface area contributed by atoms with Gasteiger partial charge < -0.3 is 16.0 Å². The summed E-state index contributed by atoms with van der Waals surface area (Å²) in [5, 5.41) is 9.76. The van der Waals surface area contributed by atoms with Gasteiger partial charge in [-0.05, 0) is 69.0 Å². The van der Waals surface area contributed by atoms with Gasteiger partial charge in [-0.25, -0.2) is 0 Å². The molecule has 0 bridgehead atoms. The first-order valence-electron chi connectivity index (χ1n) is 8.66. The summed E-state index contributed by atoms with van der Waals surface area (Å²) in [6.07, 6.45) is 4.58. The van der Waals surface area contributed by atoms with Crippen LogP contribution in [0.1, 0.15) is 42.5 Å². The van der Waals surface area contributed by atoms with Crippen molar-refractivity contribution in [2.75, 3.05) is 26.2 Å². The van der Waals surface area contributed by atoms with Crippen molar-refractivity contribution in [2.45, 2.75) is 32.1 Å². The van der Waals surface area contributed by atoms with E-state index in [2.05, 4.69) is 16.0 Å². The molecule has 1 atom stereocenters. The van der Waals surface area contributed by atoms with Gasteiger partial charge in [0.2, 0.25) is 5.91 Å². The molecule has 1 heterocycles. The van der Waals surface area contributed by atoms with Gasteiger partial charge in [-0.2, -0.15) is 0 Å². The van der Waals surface area contributed by atoms with Crippen LogP contribution in [0.15, 0.2) is 24.3 Å². The van der Waals surface area contributed by atoms with Crippen LogP contribution >= 0.6 is 24.0 Å². The summed E-state index contributed by atoms with van der Waals surface area (Å²) in [6.45, 7) is 3.40.